The number of nitrogens with two attached hydrogens (primary N) is 1. The van der Waals surface area contributed by atoms with Crippen molar-refractivity contribution in [2.24, 2.45) is 5.73 Å². The summed E-state index contributed by atoms with van der Waals surface area (Å²) in [5.41, 5.74) is 6.65. The lowest BCUT2D eigenvalue weighted by atomic mass is 10.2. The van der Waals surface area contributed by atoms with Crippen molar-refractivity contribution in [2.45, 2.75) is 25.8 Å². The van der Waals surface area contributed by atoms with Crippen LogP contribution in [0.2, 0.25) is 5.02 Å². The maximum atomic E-state index is 6.12. The second kappa shape index (κ2) is 6.98. The van der Waals surface area contributed by atoms with Gasteiger partial charge in [-0.05, 0) is 38.4 Å². The lowest BCUT2D eigenvalue weighted by Crippen LogP contribution is -2.22. The van der Waals surface area contributed by atoms with Crippen LogP contribution in [0.25, 0.3) is 0 Å². The molecule has 1 aromatic rings. The van der Waals surface area contributed by atoms with Gasteiger partial charge in [-0.1, -0.05) is 23.7 Å². The Balaban J connectivity index is 1.78. The molecule has 3 nitrogen and oxygen atoms in total. The van der Waals surface area contributed by atoms with Crippen LogP contribution in [0, 0.1) is 0 Å². The molecule has 0 saturated carbocycles. The Morgan fingerprint density at radius 2 is 2.06 bits per heavy atom. The van der Waals surface area contributed by atoms with E-state index in [-0.39, 0.29) is 0 Å². The Labute approximate surface area is 114 Å². The van der Waals surface area contributed by atoms with Crippen LogP contribution in [0.3, 0.4) is 0 Å². The van der Waals surface area contributed by atoms with Crippen molar-refractivity contribution in [1.29, 1.82) is 0 Å². The van der Waals surface area contributed by atoms with Crippen molar-refractivity contribution in [3.05, 3.63) is 28.8 Å². The molecule has 2 rings (SSSR count). The molecule has 1 saturated heterocycles. The van der Waals surface area contributed by atoms with Crippen LogP contribution in [0.5, 0.6) is 5.75 Å². The predicted octanol–water partition coefficient (Wildman–Crippen LogP) is 2.66. The number of para-hydroxylation sites is 1. The van der Waals surface area contributed by atoms with E-state index in [9.17, 15) is 0 Å². The third-order valence-electron chi connectivity index (χ3n) is 3.33. The van der Waals surface area contributed by atoms with Gasteiger partial charge in [0.2, 0.25) is 0 Å². The number of hydrogen-bond donors (Lipinski definition) is 1. The molecule has 4 heteroatoms. The molecule has 100 valence electrons. The first-order chi connectivity index (χ1) is 8.81. The van der Waals surface area contributed by atoms with E-state index in [0.29, 0.717) is 18.2 Å². The van der Waals surface area contributed by atoms with Gasteiger partial charge in [-0.25, -0.2) is 0 Å². The summed E-state index contributed by atoms with van der Waals surface area (Å²) in [5.74, 6) is 0.753. The summed E-state index contributed by atoms with van der Waals surface area (Å²) in [5, 5.41) is 0.652. The molecule has 1 aliphatic rings. The van der Waals surface area contributed by atoms with E-state index in [1.807, 2.05) is 18.2 Å². The van der Waals surface area contributed by atoms with Crippen molar-refractivity contribution in [3.8, 4) is 5.75 Å². The zero-order valence-electron chi connectivity index (χ0n) is 10.7. The fraction of sp³-hybridized carbons (Fsp3) is 0.571. The summed E-state index contributed by atoms with van der Waals surface area (Å²) in [6.07, 6.45) is 3.71. The van der Waals surface area contributed by atoms with Crippen molar-refractivity contribution >= 4 is 11.6 Å². The number of ether oxygens (including phenoxy) is 1. The van der Waals surface area contributed by atoms with Gasteiger partial charge in [0, 0.05) is 18.7 Å². The van der Waals surface area contributed by atoms with Gasteiger partial charge in [0.1, 0.15) is 5.75 Å². The van der Waals surface area contributed by atoms with Gasteiger partial charge in [-0.15, -0.1) is 0 Å². The molecule has 1 fully saturated rings. The van der Waals surface area contributed by atoms with Gasteiger partial charge in [0.15, 0.2) is 0 Å². The summed E-state index contributed by atoms with van der Waals surface area (Å²) in [4.78, 5) is 2.49. The summed E-state index contributed by atoms with van der Waals surface area (Å²) < 4.78 is 5.78. The standard InChI is InChI=1S/C14H21ClN2O/c15-13-6-3-5-12(11-16)14(13)18-10-4-9-17-7-1-2-8-17/h3,5-6H,1-2,4,7-11,16H2. The average Bonchev–Trinajstić information content (AvgIpc) is 2.89. The quantitative estimate of drug-likeness (QED) is 0.806. The Morgan fingerprint density at radius 3 is 2.78 bits per heavy atom. The summed E-state index contributed by atoms with van der Waals surface area (Å²) >= 11 is 6.12. The molecule has 0 spiro atoms. The van der Waals surface area contributed by atoms with Crippen LogP contribution >= 0.6 is 11.6 Å². The molecular formula is C14H21ClN2O. The molecule has 2 N–H and O–H groups in total. The summed E-state index contributed by atoms with van der Waals surface area (Å²) in [7, 11) is 0. The Morgan fingerprint density at radius 1 is 1.28 bits per heavy atom. The largest absolute Gasteiger partial charge is 0.492 e. The normalized spacial score (nSPS) is 16.1. The zero-order chi connectivity index (χ0) is 12.8. The minimum atomic E-state index is 0.460. The van der Waals surface area contributed by atoms with E-state index >= 15 is 0 Å². The fourth-order valence-corrected chi connectivity index (χ4v) is 2.59. The van der Waals surface area contributed by atoms with Gasteiger partial charge < -0.3 is 15.4 Å². The number of halogens is 1. The van der Waals surface area contributed by atoms with Gasteiger partial charge in [0.05, 0.1) is 11.6 Å². The fourth-order valence-electron chi connectivity index (χ4n) is 2.34. The highest BCUT2D eigenvalue weighted by molar-refractivity contribution is 6.32. The average molecular weight is 269 g/mol. The zero-order valence-corrected chi connectivity index (χ0v) is 11.5. The van der Waals surface area contributed by atoms with Crippen LogP contribution in [0.1, 0.15) is 24.8 Å². The SMILES string of the molecule is NCc1cccc(Cl)c1OCCCN1CCCC1. The van der Waals surface area contributed by atoms with Gasteiger partial charge in [-0.2, -0.15) is 0 Å². The van der Waals surface area contributed by atoms with Gasteiger partial charge in [0.25, 0.3) is 0 Å². The highest BCUT2D eigenvalue weighted by Crippen LogP contribution is 2.28. The van der Waals surface area contributed by atoms with Gasteiger partial charge in [-0.3, -0.25) is 0 Å². The maximum Gasteiger partial charge on any atom is 0.142 e. The van der Waals surface area contributed by atoms with Crippen LogP contribution < -0.4 is 10.5 Å². The number of likely N-dealkylation sites (tertiary alicyclic amines) is 1. The molecule has 0 aliphatic carbocycles. The van der Waals surface area contributed by atoms with E-state index in [1.54, 1.807) is 0 Å². The van der Waals surface area contributed by atoms with Crippen LogP contribution in [-0.2, 0) is 6.54 Å². The Hall–Kier alpha value is -0.770. The predicted molar refractivity (Wildman–Crippen MR) is 75.1 cm³/mol. The molecule has 0 unspecified atom stereocenters. The second-order valence-electron chi connectivity index (χ2n) is 4.68. The Kier molecular flexibility index (Phi) is 5.29. The first-order valence-corrected chi connectivity index (χ1v) is 7.01. The third kappa shape index (κ3) is 3.61. The van der Waals surface area contributed by atoms with E-state index in [4.69, 9.17) is 22.1 Å². The molecular weight excluding hydrogens is 248 g/mol. The molecule has 0 amide bonds. The van der Waals surface area contributed by atoms with Crippen LogP contribution in [-0.4, -0.2) is 31.1 Å². The highest BCUT2D eigenvalue weighted by Gasteiger charge is 2.11. The highest BCUT2D eigenvalue weighted by atomic mass is 35.5. The maximum absolute atomic E-state index is 6.12. The van der Waals surface area contributed by atoms with Crippen molar-refractivity contribution in [3.63, 3.8) is 0 Å². The van der Waals surface area contributed by atoms with E-state index in [0.717, 1.165) is 24.3 Å². The van der Waals surface area contributed by atoms with E-state index in [2.05, 4.69) is 4.90 Å². The monoisotopic (exact) mass is 268 g/mol. The van der Waals surface area contributed by atoms with Crippen LogP contribution in [0.4, 0.5) is 0 Å². The topological polar surface area (TPSA) is 38.5 Å². The molecule has 0 aromatic heterocycles. The summed E-state index contributed by atoms with van der Waals surface area (Å²) in [6.45, 7) is 4.75. The van der Waals surface area contributed by atoms with Crippen molar-refractivity contribution in [1.82, 2.24) is 4.90 Å². The molecule has 1 aliphatic heterocycles. The van der Waals surface area contributed by atoms with Crippen molar-refractivity contribution in [2.75, 3.05) is 26.2 Å². The van der Waals surface area contributed by atoms with Crippen molar-refractivity contribution < 1.29 is 4.74 Å². The van der Waals surface area contributed by atoms with E-state index < -0.39 is 0 Å². The molecule has 1 heterocycles. The number of hydrogen-bond acceptors (Lipinski definition) is 3. The van der Waals surface area contributed by atoms with E-state index in [1.165, 1.54) is 25.9 Å². The molecule has 0 radical (unpaired) electrons. The van der Waals surface area contributed by atoms with Crippen LogP contribution in [0.15, 0.2) is 18.2 Å². The van der Waals surface area contributed by atoms with Gasteiger partial charge >= 0.3 is 0 Å². The first kappa shape index (κ1) is 13.7. The molecule has 0 bridgehead atoms. The third-order valence-corrected chi connectivity index (χ3v) is 3.63. The second-order valence-corrected chi connectivity index (χ2v) is 5.09. The summed E-state index contributed by atoms with van der Waals surface area (Å²) in [6, 6.07) is 5.71. The molecule has 0 atom stereocenters. The number of rotatable bonds is 6. The number of benzene rings is 1. The lowest BCUT2D eigenvalue weighted by molar-refractivity contribution is 0.262. The first-order valence-electron chi connectivity index (χ1n) is 6.64. The Bertz CT molecular complexity index is 378. The minimum absolute atomic E-state index is 0.460. The number of nitrogens with zero attached hydrogens (tertiary/aromatic N) is 1. The minimum Gasteiger partial charge on any atom is -0.492 e. The lowest BCUT2D eigenvalue weighted by Gasteiger charge is -2.16. The molecule has 1 aromatic carbocycles. The molecule has 18 heavy (non-hydrogen) atoms. The smallest absolute Gasteiger partial charge is 0.142 e.